The lowest BCUT2D eigenvalue weighted by Gasteiger charge is -2.25. The Balaban J connectivity index is 1.86. The van der Waals surface area contributed by atoms with Crippen LogP contribution in [-0.4, -0.2) is 47.2 Å². The number of carbonyl (C=O) groups is 2. The molecular weight excluding hydrogens is 371 g/mol. The van der Waals surface area contributed by atoms with E-state index in [9.17, 15) is 14.0 Å². The lowest BCUT2D eigenvalue weighted by atomic mass is 9.98. The molecule has 0 radical (unpaired) electrons. The van der Waals surface area contributed by atoms with E-state index in [4.69, 9.17) is 0 Å². The van der Waals surface area contributed by atoms with Crippen molar-refractivity contribution in [2.24, 2.45) is 5.10 Å². The molecule has 0 spiro atoms. The Labute approximate surface area is 170 Å². The summed E-state index contributed by atoms with van der Waals surface area (Å²) in [6.45, 7) is 3.57. The van der Waals surface area contributed by atoms with Gasteiger partial charge in [0.25, 0.3) is 5.91 Å². The lowest BCUT2D eigenvalue weighted by Crippen LogP contribution is -2.45. The molecule has 152 valence electrons. The quantitative estimate of drug-likeness (QED) is 0.840. The summed E-state index contributed by atoms with van der Waals surface area (Å²) in [6.07, 6.45) is 0.401. The summed E-state index contributed by atoms with van der Waals surface area (Å²) in [5.74, 6) is -0.701. The second-order valence-corrected chi connectivity index (χ2v) is 7.36. The number of hydrogen-bond donors (Lipinski definition) is 1. The third-order valence-electron chi connectivity index (χ3n) is 4.67. The van der Waals surface area contributed by atoms with Crippen LogP contribution in [0.3, 0.4) is 0 Å². The van der Waals surface area contributed by atoms with Gasteiger partial charge in [0.1, 0.15) is 12.4 Å². The molecule has 1 aliphatic rings. The summed E-state index contributed by atoms with van der Waals surface area (Å²) in [4.78, 5) is 26.5. The molecule has 0 unspecified atom stereocenters. The normalized spacial score (nSPS) is 16.0. The maximum Gasteiger partial charge on any atom is 0.317 e. The fourth-order valence-electron chi connectivity index (χ4n) is 3.24. The molecule has 29 heavy (non-hydrogen) atoms. The highest BCUT2D eigenvalue weighted by molar-refractivity contribution is 6.03. The first kappa shape index (κ1) is 20.5. The number of hydrazone groups is 1. The number of benzene rings is 2. The zero-order chi connectivity index (χ0) is 21.0. The van der Waals surface area contributed by atoms with Crippen molar-refractivity contribution in [2.75, 3.05) is 13.6 Å². The third-order valence-corrected chi connectivity index (χ3v) is 4.67. The van der Waals surface area contributed by atoms with Crippen LogP contribution < -0.4 is 5.32 Å². The predicted molar refractivity (Wildman–Crippen MR) is 110 cm³/mol. The molecule has 3 rings (SSSR count). The maximum absolute atomic E-state index is 14.3. The van der Waals surface area contributed by atoms with Crippen molar-refractivity contribution in [1.82, 2.24) is 15.2 Å². The average molecular weight is 396 g/mol. The van der Waals surface area contributed by atoms with Gasteiger partial charge in [-0.2, -0.15) is 5.10 Å². The maximum atomic E-state index is 14.3. The van der Waals surface area contributed by atoms with E-state index in [-0.39, 0.29) is 36.4 Å². The highest BCUT2D eigenvalue weighted by Crippen LogP contribution is 2.33. The third kappa shape index (κ3) is 4.80. The molecule has 0 saturated heterocycles. The molecule has 0 aromatic heterocycles. The van der Waals surface area contributed by atoms with Crippen molar-refractivity contribution in [3.8, 4) is 0 Å². The molecule has 0 saturated carbocycles. The van der Waals surface area contributed by atoms with E-state index in [0.717, 1.165) is 5.56 Å². The number of hydrogen-bond acceptors (Lipinski definition) is 3. The summed E-state index contributed by atoms with van der Waals surface area (Å²) < 4.78 is 14.3. The van der Waals surface area contributed by atoms with Crippen molar-refractivity contribution >= 4 is 17.6 Å². The highest BCUT2D eigenvalue weighted by Gasteiger charge is 2.34. The van der Waals surface area contributed by atoms with Gasteiger partial charge >= 0.3 is 6.03 Å². The first-order valence-corrected chi connectivity index (χ1v) is 9.58. The van der Waals surface area contributed by atoms with Gasteiger partial charge in [0.2, 0.25) is 0 Å². The Morgan fingerprint density at radius 2 is 1.83 bits per heavy atom. The lowest BCUT2D eigenvalue weighted by molar-refractivity contribution is -0.133. The fourth-order valence-corrected chi connectivity index (χ4v) is 3.24. The van der Waals surface area contributed by atoms with Crippen molar-refractivity contribution < 1.29 is 14.0 Å². The van der Waals surface area contributed by atoms with Gasteiger partial charge in [0.15, 0.2) is 0 Å². The molecule has 1 heterocycles. The van der Waals surface area contributed by atoms with Gasteiger partial charge in [0.05, 0.1) is 11.8 Å². The summed E-state index contributed by atoms with van der Waals surface area (Å²) in [5, 5.41) is 8.58. The molecule has 6 nitrogen and oxygen atoms in total. The van der Waals surface area contributed by atoms with Crippen molar-refractivity contribution in [1.29, 1.82) is 0 Å². The largest absolute Gasteiger partial charge is 0.336 e. The van der Waals surface area contributed by atoms with Gasteiger partial charge in [-0.15, -0.1) is 0 Å². The Bertz CT molecular complexity index is 914. The van der Waals surface area contributed by atoms with Crippen LogP contribution in [0.25, 0.3) is 0 Å². The fraction of sp³-hybridized carbons (Fsp3) is 0.318. The van der Waals surface area contributed by atoms with Crippen molar-refractivity contribution in [3.63, 3.8) is 0 Å². The molecule has 1 atom stereocenters. The molecular formula is C22H25FN4O2. The van der Waals surface area contributed by atoms with E-state index in [1.165, 1.54) is 16.0 Å². The molecule has 2 aromatic rings. The molecule has 1 N–H and O–H groups in total. The molecule has 0 aliphatic carbocycles. The number of likely N-dealkylation sites (N-methyl/N-ethyl adjacent to an activating group) is 1. The number of carbonyl (C=O) groups excluding carboxylic acids is 2. The molecule has 7 heteroatoms. The predicted octanol–water partition coefficient (Wildman–Crippen LogP) is 3.55. The summed E-state index contributed by atoms with van der Waals surface area (Å²) in [5.41, 5.74) is 1.81. The Morgan fingerprint density at radius 1 is 1.17 bits per heavy atom. The molecule has 1 aliphatic heterocycles. The Hall–Kier alpha value is -3.22. The minimum atomic E-state index is -0.374. The second-order valence-electron chi connectivity index (χ2n) is 7.36. The van der Waals surface area contributed by atoms with E-state index in [0.29, 0.717) is 17.7 Å². The van der Waals surface area contributed by atoms with Crippen LogP contribution in [0.5, 0.6) is 0 Å². The molecule has 2 aromatic carbocycles. The monoisotopic (exact) mass is 396 g/mol. The Kier molecular flexibility index (Phi) is 6.26. The van der Waals surface area contributed by atoms with Gasteiger partial charge in [0, 0.05) is 25.1 Å². The topological polar surface area (TPSA) is 65.0 Å². The van der Waals surface area contributed by atoms with E-state index in [2.05, 4.69) is 10.4 Å². The number of halogens is 1. The molecule has 0 fully saturated rings. The summed E-state index contributed by atoms with van der Waals surface area (Å²) in [6, 6.07) is 15.2. The van der Waals surface area contributed by atoms with Crippen LogP contribution in [0.15, 0.2) is 59.7 Å². The number of urea groups is 1. The van der Waals surface area contributed by atoms with Gasteiger partial charge < -0.3 is 10.2 Å². The minimum absolute atomic E-state index is 0.0328. The smallest absolute Gasteiger partial charge is 0.317 e. The second kappa shape index (κ2) is 8.86. The number of nitrogens with one attached hydrogen (secondary N) is 1. The zero-order valence-corrected chi connectivity index (χ0v) is 16.8. The van der Waals surface area contributed by atoms with Crippen LogP contribution in [-0.2, 0) is 4.79 Å². The van der Waals surface area contributed by atoms with E-state index in [1.54, 1.807) is 25.2 Å². The van der Waals surface area contributed by atoms with Crippen LogP contribution >= 0.6 is 0 Å². The van der Waals surface area contributed by atoms with Crippen LogP contribution in [0.1, 0.15) is 37.4 Å². The van der Waals surface area contributed by atoms with E-state index >= 15 is 0 Å². The van der Waals surface area contributed by atoms with Gasteiger partial charge in [-0.1, -0.05) is 48.5 Å². The SMILES string of the molecule is CC(C)NC(=O)N(C)CC(=O)N1N=C(c2ccccc2F)C[C@@H]1c1ccccc1. The molecule has 0 bridgehead atoms. The summed E-state index contributed by atoms with van der Waals surface area (Å²) >= 11 is 0. The van der Waals surface area contributed by atoms with Crippen LogP contribution in [0.4, 0.5) is 9.18 Å². The first-order valence-electron chi connectivity index (χ1n) is 9.58. The van der Waals surface area contributed by atoms with Crippen LogP contribution in [0.2, 0.25) is 0 Å². The van der Waals surface area contributed by atoms with Gasteiger partial charge in [-0.3, -0.25) is 4.79 Å². The van der Waals surface area contributed by atoms with Crippen molar-refractivity contribution in [3.05, 3.63) is 71.5 Å². The molecule has 3 amide bonds. The van der Waals surface area contributed by atoms with E-state index in [1.807, 2.05) is 44.2 Å². The number of amides is 3. The average Bonchev–Trinajstić information content (AvgIpc) is 3.14. The number of rotatable bonds is 5. The van der Waals surface area contributed by atoms with Gasteiger partial charge in [-0.25, -0.2) is 14.2 Å². The van der Waals surface area contributed by atoms with Crippen LogP contribution in [0, 0.1) is 5.82 Å². The highest BCUT2D eigenvalue weighted by atomic mass is 19.1. The standard InChI is InChI=1S/C22H25FN4O2/c1-15(2)24-22(29)26(3)14-21(28)27-20(16-9-5-4-6-10-16)13-19(25-27)17-11-7-8-12-18(17)23/h4-12,15,20H,13-14H2,1-3H3,(H,24,29)/t20-/m1/s1. The first-order chi connectivity index (χ1) is 13.9. The summed E-state index contributed by atoms with van der Waals surface area (Å²) in [7, 11) is 1.56. The zero-order valence-electron chi connectivity index (χ0n) is 16.8. The minimum Gasteiger partial charge on any atom is -0.336 e. The van der Waals surface area contributed by atoms with Gasteiger partial charge in [-0.05, 0) is 25.5 Å². The van der Waals surface area contributed by atoms with E-state index < -0.39 is 0 Å². The Morgan fingerprint density at radius 3 is 2.48 bits per heavy atom. The van der Waals surface area contributed by atoms with Crippen molar-refractivity contribution in [2.45, 2.75) is 32.4 Å². The number of nitrogens with zero attached hydrogens (tertiary/aromatic N) is 3.